The highest BCUT2D eigenvalue weighted by atomic mass is 15.1. The molecule has 274 valence electrons. The van der Waals surface area contributed by atoms with Gasteiger partial charge in [-0.15, -0.1) is 0 Å². The normalized spacial score (nSPS) is 13.5. The van der Waals surface area contributed by atoms with Gasteiger partial charge in [-0.25, -0.2) is 0 Å². The Morgan fingerprint density at radius 3 is 1.86 bits per heavy atom. The fourth-order valence-electron chi connectivity index (χ4n) is 9.75. The predicted molar refractivity (Wildman–Crippen MR) is 241 cm³/mol. The van der Waals surface area contributed by atoms with E-state index in [-0.39, 0.29) is 0 Å². The SMILES string of the molecule is c1ccc(-c2ccc(N(c3ccccc3)c3cccc(-c4cc5c6c(c4)-c4ccccc4-n4c7ccccc7c7ccc(c-6c74)CCCCCCC5)c3)cc2)cc1. The highest BCUT2D eigenvalue weighted by Gasteiger charge is 2.29. The molecule has 9 aromatic rings. The Bertz CT molecular complexity index is 2920. The van der Waals surface area contributed by atoms with Gasteiger partial charge in [0.1, 0.15) is 0 Å². The van der Waals surface area contributed by atoms with Gasteiger partial charge in [0.2, 0.25) is 0 Å². The Balaban J connectivity index is 1.12. The predicted octanol–water partition coefficient (Wildman–Crippen LogP) is 15.3. The van der Waals surface area contributed by atoms with E-state index < -0.39 is 0 Å². The van der Waals surface area contributed by atoms with Gasteiger partial charge in [0, 0.05) is 39.0 Å². The third kappa shape index (κ3) is 5.78. The molecular weight excluding hydrogens is 689 g/mol. The molecule has 0 saturated heterocycles. The molecule has 0 spiro atoms. The van der Waals surface area contributed by atoms with Gasteiger partial charge in [0.05, 0.1) is 16.7 Å². The molecule has 0 amide bonds. The molecular formula is C55H44N2. The number of aryl methyl sites for hydroxylation is 2. The fourth-order valence-corrected chi connectivity index (χ4v) is 9.75. The van der Waals surface area contributed by atoms with Crippen molar-refractivity contribution in [3.8, 4) is 50.2 Å². The molecule has 57 heavy (non-hydrogen) atoms. The van der Waals surface area contributed by atoms with E-state index in [2.05, 4.69) is 191 Å². The van der Waals surface area contributed by atoms with Gasteiger partial charge in [-0.2, -0.15) is 0 Å². The molecule has 2 heterocycles. The summed E-state index contributed by atoms with van der Waals surface area (Å²) in [6, 6.07) is 67.6. The van der Waals surface area contributed by atoms with Crippen LogP contribution in [-0.4, -0.2) is 4.57 Å². The molecule has 0 fully saturated rings. The summed E-state index contributed by atoms with van der Waals surface area (Å²) in [6.45, 7) is 0. The lowest BCUT2D eigenvalue weighted by Gasteiger charge is -2.26. The minimum absolute atomic E-state index is 1.07. The maximum Gasteiger partial charge on any atom is 0.0622 e. The second kappa shape index (κ2) is 14.1. The first-order valence-electron chi connectivity index (χ1n) is 20.7. The van der Waals surface area contributed by atoms with Crippen molar-refractivity contribution in [1.82, 2.24) is 4.57 Å². The van der Waals surface area contributed by atoms with Crippen molar-refractivity contribution in [3.63, 3.8) is 0 Å². The molecule has 1 aliphatic heterocycles. The van der Waals surface area contributed by atoms with Gasteiger partial charge < -0.3 is 9.47 Å². The van der Waals surface area contributed by atoms with E-state index in [0.29, 0.717) is 0 Å². The smallest absolute Gasteiger partial charge is 0.0622 e. The Morgan fingerprint density at radius 2 is 1.02 bits per heavy atom. The van der Waals surface area contributed by atoms with Gasteiger partial charge in [-0.05, 0) is 125 Å². The minimum Gasteiger partial charge on any atom is -0.310 e. The maximum absolute atomic E-state index is 2.59. The second-order valence-corrected chi connectivity index (χ2v) is 15.8. The van der Waals surface area contributed by atoms with Crippen molar-refractivity contribution < 1.29 is 0 Å². The summed E-state index contributed by atoms with van der Waals surface area (Å²) < 4.78 is 2.59. The Morgan fingerprint density at radius 1 is 0.368 bits per heavy atom. The second-order valence-electron chi connectivity index (χ2n) is 15.8. The number of para-hydroxylation sites is 3. The van der Waals surface area contributed by atoms with Crippen LogP contribution in [0.3, 0.4) is 0 Å². The van der Waals surface area contributed by atoms with Gasteiger partial charge >= 0.3 is 0 Å². The van der Waals surface area contributed by atoms with E-state index in [1.54, 1.807) is 0 Å². The average Bonchev–Trinajstić information content (AvgIpc) is 3.52. The lowest BCUT2D eigenvalue weighted by atomic mass is 9.83. The molecule has 0 saturated carbocycles. The molecule has 2 heteroatoms. The van der Waals surface area contributed by atoms with Crippen molar-refractivity contribution in [3.05, 3.63) is 193 Å². The van der Waals surface area contributed by atoms with Crippen LogP contribution in [0.15, 0.2) is 182 Å². The highest BCUT2D eigenvalue weighted by molar-refractivity contribution is 6.17. The molecule has 0 atom stereocenters. The molecule has 11 rings (SSSR count). The molecule has 0 unspecified atom stereocenters. The number of fused-ring (bicyclic) bond motifs is 6. The largest absolute Gasteiger partial charge is 0.310 e. The van der Waals surface area contributed by atoms with E-state index in [9.17, 15) is 0 Å². The summed E-state index contributed by atoms with van der Waals surface area (Å²) in [4.78, 5) is 2.39. The first-order valence-corrected chi connectivity index (χ1v) is 20.7. The maximum atomic E-state index is 2.59. The summed E-state index contributed by atoms with van der Waals surface area (Å²) >= 11 is 0. The van der Waals surface area contributed by atoms with E-state index in [4.69, 9.17) is 0 Å². The standard InChI is InChI=1S/C55H44N2/c1-2-6-19-40-31-34-49-47-25-12-14-27-51(47)57-52-28-15-13-26-48(52)50-37-43(35-42(20-7-3-1)53(50)54(40)55(49)57)41-21-16-24-46(36-41)56(44-22-10-5-11-23-44)45-32-29-39(30-33-45)38-17-8-4-9-18-38/h4-5,8-18,21-37H,1-3,6-7,19-20H2. The summed E-state index contributed by atoms with van der Waals surface area (Å²) in [5.41, 5.74) is 20.8. The third-order valence-electron chi connectivity index (χ3n) is 12.4. The summed E-state index contributed by atoms with van der Waals surface area (Å²) in [6.07, 6.45) is 8.46. The Kier molecular flexibility index (Phi) is 8.35. The molecule has 2 nitrogen and oxygen atoms in total. The summed E-state index contributed by atoms with van der Waals surface area (Å²) in [5, 5.41) is 2.68. The number of hydrogen-bond acceptors (Lipinski definition) is 1. The van der Waals surface area contributed by atoms with E-state index >= 15 is 0 Å². The van der Waals surface area contributed by atoms with Gasteiger partial charge in [0.25, 0.3) is 0 Å². The lowest BCUT2D eigenvalue weighted by Crippen LogP contribution is -2.09. The van der Waals surface area contributed by atoms with E-state index in [0.717, 1.165) is 29.9 Å². The number of rotatable bonds is 5. The van der Waals surface area contributed by atoms with Crippen LogP contribution in [0.25, 0.3) is 72.0 Å². The topological polar surface area (TPSA) is 8.17 Å². The zero-order valence-corrected chi connectivity index (χ0v) is 32.2. The number of anilines is 3. The summed E-state index contributed by atoms with van der Waals surface area (Å²) in [5.74, 6) is 0. The summed E-state index contributed by atoms with van der Waals surface area (Å²) in [7, 11) is 0. The molecule has 8 aromatic carbocycles. The molecule has 0 bridgehead atoms. The lowest BCUT2D eigenvalue weighted by molar-refractivity contribution is 0.616. The first-order chi connectivity index (χ1) is 28.3. The monoisotopic (exact) mass is 732 g/mol. The zero-order chi connectivity index (χ0) is 37.7. The van der Waals surface area contributed by atoms with Gasteiger partial charge in [-0.1, -0.05) is 147 Å². The molecule has 0 N–H and O–H groups in total. The van der Waals surface area contributed by atoms with E-state index in [1.165, 1.54) is 115 Å². The minimum atomic E-state index is 1.07. The van der Waals surface area contributed by atoms with Crippen LogP contribution in [-0.2, 0) is 12.8 Å². The van der Waals surface area contributed by atoms with Crippen molar-refractivity contribution in [1.29, 1.82) is 0 Å². The van der Waals surface area contributed by atoms with Crippen LogP contribution >= 0.6 is 0 Å². The quantitative estimate of drug-likeness (QED) is 0.171. The number of benzene rings is 8. The van der Waals surface area contributed by atoms with Gasteiger partial charge in [0.15, 0.2) is 0 Å². The van der Waals surface area contributed by atoms with Crippen molar-refractivity contribution >= 4 is 38.9 Å². The average molecular weight is 733 g/mol. The van der Waals surface area contributed by atoms with E-state index in [1.807, 2.05) is 0 Å². The van der Waals surface area contributed by atoms with Crippen LogP contribution in [0.5, 0.6) is 0 Å². The van der Waals surface area contributed by atoms with Crippen LogP contribution in [0.2, 0.25) is 0 Å². The third-order valence-corrected chi connectivity index (χ3v) is 12.4. The number of nitrogens with zero attached hydrogens (tertiary/aromatic N) is 2. The Hall–Kier alpha value is -6.64. The number of aromatic nitrogens is 1. The molecule has 1 aliphatic carbocycles. The van der Waals surface area contributed by atoms with Crippen molar-refractivity contribution in [2.24, 2.45) is 0 Å². The van der Waals surface area contributed by atoms with Crippen LogP contribution < -0.4 is 4.90 Å². The van der Waals surface area contributed by atoms with Crippen LogP contribution in [0, 0.1) is 0 Å². The van der Waals surface area contributed by atoms with Crippen LogP contribution in [0.4, 0.5) is 17.1 Å². The number of hydrogen-bond donors (Lipinski definition) is 0. The fraction of sp³-hybridized carbons (Fsp3) is 0.127. The zero-order valence-electron chi connectivity index (χ0n) is 32.2. The Labute approximate surface area is 335 Å². The van der Waals surface area contributed by atoms with Gasteiger partial charge in [-0.3, -0.25) is 0 Å². The van der Waals surface area contributed by atoms with Crippen molar-refractivity contribution in [2.75, 3.05) is 4.90 Å². The molecule has 0 radical (unpaired) electrons. The molecule has 2 aliphatic rings. The van der Waals surface area contributed by atoms with Crippen LogP contribution in [0.1, 0.15) is 43.2 Å². The first kappa shape index (κ1) is 33.7. The highest BCUT2D eigenvalue weighted by Crippen LogP contribution is 2.51. The van der Waals surface area contributed by atoms with Crippen molar-refractivity contribution in [2.45, 2.75) is 44.9 Å². The molecule has 1 aromatic heterocycles.